The summed E-state index contributed by atoms with van der Waals surface area (Å²) in [5.74, 6) is 2.31. The third kappa shape index (κ3) is 9.37. The van der Waals surface area contributed by atoms with E-state index in [1.807, 2.05) is 80.6 Å². The molecule has 4 aliphatic rings. The van der Waals surface area contributed by atoms with Crippen LogP contribution in [0.2, 0.25) is 0 Å². The van der Waals surface area contributed by atoms with Gasteiger partial charge >= 0.3 is 0 Å². The molecular weight excluding hydrogens is 880 g/mol. The number of halogens is 3. The van der Waals surface area contributed by atoms with Crippen molar-refractivity contribution in [3.05, 3.63) is 166 Å². The summed E-state index contributed by atoms with van der Waals surface area (Å²) in [6, 6.07) is 38.0. The Kier molecular flexibility index (Phi) is 12.8. The van der Waals surface area contributed by atoms with Crippen molar-refractivity contribution in [1.29, 1.82) is 5.26 Å². The Balaban J connectivity index is 1.05. The lowest BCUT2D eigenvalue weighted by Crippen LogP contribution is -2.49. The fourth-order valence-corrected chi connectivity index (χ4v) is 10.0. The number of nitriles is 1. The highest BCUT2D eigenvalue weighted by atomic mass is 19.1. The van der Waals surface area contributed by atoms with Crippen molar-refractivity contribution in [2.24, 2.45) is 11.8 Å². The third-order valence-electron chi connectivity index (χ3n) is 13.7. The molecule has 10 rings (SSSR count). The molecule has 352 valence electrons. The second-order valence-corrected chi connectivity index (χ2v) is 18.4. The van der Waals surface area contributed by atoms with Gasteiger partial charge in [0.05, 0.1) is 25.0 Å². The molecule has 6 aromatic rings. The van der Waals surface area contributed by atoms with E-state index in [0.29, 0.717) is 95.8 Å². The van der Waals surface area contributed by atoms with Crippen molar-refractivity contribution >= 4 is 22.3 Å². The first-order chi connectivity index (χ1) is 33.5. The predicted octanol–water partition coefficient (Wildman–Crippen LogP) is 11.5. The summed E-state index contributed by atoms with van der Waals surface area (Å²) < 4.78 is 67.5. The number of benzene rings is 6. The van der Waals surface area contributed by atoms with Crippen molar-refractivity contribution in [3.63, 3.8) is 0 Å². The molecule has 9 nitrogen and oxygen atoms in total. The maximum Gasteiger partial charge on any atom is 0.150 e. The van der Waals surface area contributed by atoms with Crippen molar-refractivity contribution in [3.8, 4) is 51.7 Å². The molecule has 2 atom stereocenters. The van der Waals surface area contributed by atoms with E-state index in [-0.39, 0.29) is 36.7 Å². The Morgan fingerprint density at radius 3 is 1.77 bits per heavy atom. The van der Waals surface area contributed by atoms with Gasteiger partial charge < -0.3 is 29.2 Å². The maximum atomic E-state index is 15.0. The van der Waals surface area contributed by atoms with Gasteiger partial charge in [0.2, 0.25) is 0 Å². The molecule has 69 heavy (non-hydrogen) atoms. The molecule has 0 aliphatic carbocycles. The molecule has 0 unspecified atom stereocenters. The van der Waals surface area contributed by atoms with Crippen LogP contribution in [0.4, 0.5) is 13.2 Å². The van der Waals surface area contributed by atoms with Crippen LogP contribution < -0.4 is 18.9 Å². The van der Waals surface area contributed by atoms with Crippen molar-refractivity contribution in [2.75, 3.05) is 65.8 Å². The van der Waals surface area contributed by atoms with Crippen LogP contribution in [0.3, 0.4) is 0 Å². The lowest BCUT2D eigenvalue weighted by atomic mass is 9.83. The average Bonchev–Trinajstić information content (AvgIpc) is 3.33. The van der Waals surface area contributed by atoms with Crippen LogP contribution in [0.15, 0.2) is 121 Å². The number of allylic oxidation sites excluding steroid dienone is 2. The smallest absolute Gasteiger partial charge is 0.150 e. The van der Waals surface area contributed by atoms with Gasteiger partial charge in [-0.15, -0.1) is 0 Å². The van der Waals surface area contributed by atoms with Crippen LogP contribution in [0.5, 0.6) is 34.5 Å². The first-order valence-corrected chi connectivity index (χ1v) is 23.4. The number of fused-ring (bicyclic) bond motifs is 2. The van der Waals surface area contributed by atoms with E-state index < -0.39 is 18.0 Å². The van der Waals surface area contributed by atoms with Crippen molar-refractivity contribution in [2.45, 2.75) is 26.1 Å². The zero-order chi connectivity index (χ0) is 47.8. The number of phenolic OH excluding ortho intramolecular Hbond substituents is 2. The monoisotopic (exact) mass is 931 g/mol. The number of likely N-dealkylation sites (tertiary alicyclic amines) is 2. The van der Waals surface area contributed by atoms with Gasteiger partial charge in [-0.2, -0.15) is 5.26 Å². The molecule has 6 aromatic carbocycles. The van der Waals surface area contributed by atoms with Crippen LogP contribution in [-0.4, -0.2) is 85.8 Å². The van der Waals surface area contributed by atoms with E-state index in [4.69, 9.17) is 18.9 Å². The van der Waals surface area contributed by atoms with Gasteiger partial charge in [-0.1, -0.05) is 30.3 Å². The van der Waals surface area contributed by atoms with Crippen LogP contribution in [0.1, 0.15) is 65.0 Å². The molecule has 0 aromatic heterocycles. The van der Waals surface area contributed by atoms with E-state index >= 15 is 0 Å². The summed E-state index contributed by atoms with van der Waals surface area (Å²) in [5, 5.41) is 31.9. The Morgan fingerprint density at radius 1 is 0.609 bits per heavy atom. The summed E-state index contributed by atoms with van der Waals surface area (Å²) in [7, 11) is 0. The molecule has 0 spiro atoms. The van der Waals surface area contributed by atoms with Crippen LogP contribution in [-0.2, 0) is 0 Å². The lowest BCUT2D eigenvalue weighted by molar-refractivity contribution is 0.0668. The number of aromatic hydroxyl groups is 2. The quantitative estimate of drug-likeness (QED) is 0.104. The number of ether oxygens (including phenoxy) is 4. The zero-order valence-corrected chi connectivity index (χ0v) is 38.4. The first-order valence-electron chi connectivity index (χ1n) is 23.4. The van der Waals surface area contributed by atoms with E-state index in [2.05, 4.69) is 15.9 Å². The van der Waals surface area contributed by atoms with Gasteiger partial charge in [-0.25, -0.2) is 4.39 Å². The SMILES string of the molecule is CC1=C(c2cc(C#N)cc(-c3cc([C@H]4Oc5ccc(O)cc5C(C)=C4c4cccc(F)c4)ccc3OCCN3CC(CF)C3)c2)[C@@H](c2ccc(OCCN3CC(CF)C3)cc2)Oc2ccc(O)cc21. The minimum absolute atomic E-state index is 0.0337. The zero-order valence-electron chi connectivity index (χ0n) is 38.4. The van der Waals surface area contributed by atoms with Gasteiger partial charge in [0, 0.05) is 78.9 Å². The molecule has 0 bridgehead atoms. The molecule has 4 aliphatic heterocycles. The minimum Gasteiger partial charge on any atom is -0.508 e. The van der Waals surface area contributed by atoms with Gasteiger partial charge in [0.1, 0.15) is 65.7 Å². The second kappa shape index (κ2) is 19.4. The van der Waals surface area contributed by atoms with Gasteiger partial charge in [0.25, 0.3) is 0 Å². The number of phenols is 2. The average molecular weight is 932 g/mol. The Hall–Kier alpha value is -7.20. The molecule has 2 fully saturated rings. The van der Waals surface area contributed by atoms with Crippen LogP contribution in [0.25, 0.3) is 33.4 Å². The topological polar surface area (TPSA) is 108 Å². The lowest BCUT2D eigenvalue weighted by Gasteiger charge is -2.37. The number of alkyl halides is 2. The van der Waals surface area contributed by atoms with Gasteiger partial charge in [-0.05, 0) is 144 Å². The maximum absolute atomic E-state index is 15.0. The molecule has 4 heterocycles. The Labute approximate surface area is 399 Å². The highest BCUT2D eigenvalue weighted by Gasteiger charge is 2.34. The standard InChI is InChI=1S/C57H52F3N3O6/c1-34-48-25-45(64)10-15-53(48)69-57(54(34)40-4-3-5-44(60)23-40)41-8-13-51(67-19-17-63-32-38(28-59)33-63)50(24-41)42-20-36(29-61)21-43(22-42)55-35(2)49-26-46(65)9-14-52(49)68-56(55)39-6-11-47(12-7-39)66-18-16-62-30-37(27-58)31-62/h3-15,20-26,37-38,56-57,64-65H,16-19,27-28,30-33H2,1-2H3/t56-,57-/m1/s1. The largest absolute Gasteiger partial charge is 0.508 e. The summed E-state index contributed by atoms with van der Waals surface area (Å²) in [6.07, 6.45) is -1.34. The van der Waals surface area contributed by atoms with Gasteiger partial charge in [-0.3, -0.25) is 18.6 Å². The number of hydrogen-bond acceptors (Lipinski definition) is 9. The first kappa shape index (κ1) is 45.6. The fraction of sp³-hybridized carbons (Fsp3) is 0.281. The highest BCUT2D eigenvalue weighted by molar-refractivity contribution is 5.98. The highest BCUT2D eigenvalue weighted by Crippen LogP contribution is 2.51. The van der Waals surface area contributed by atoms with Crippen molar-refractivity contribution in [1.82, 2.24) is 9.80 Å². The van der Waals surface area contributed by atoms with Crippen LogP contribution >= 0.6 is 0 Å². The van der Waals surface area contributed by atoms with Crippen molar-refractivity contribution < 1.29 is 42.3 Å². The molecule has 0 radical (unpaired) electrons. The Morgan fingerprint density at radius 2 is 1.17 bits per heavy atom. The number of nitrogens with zero attached hydrogens (tertiary/aromatic N) is 3. The summed E-state index contributed by atoms with van der Waals surface area (Å²) in [5.41, 5.74) is 9.27. The molecule has 0 saturated carbocycles. The molecular formula is C57H52F3N3O6. The summed E-state index contributed by atoms with van der Waals surface area (Å²) in [6.45, 7) is 8.22. The molecule has 2 N–H and O–H groups in total. The second-order valence-electron chi connectivity index (χ2n) is 18.4. The van der Waals surface area contributed by atoms with E-state index in [9.17, 15) is 28.6 Å². The summed E-state index contributed by atoms with van der Waals surface area (Å²) in [4.78, 5) is 4.33. The van der Waals surface area contributed by atoms with Crippen LogP contribution in [0, 0.1) is 29.0 Å². The Bertz CT molecular complexity index is 3010. The number of rotatable bonds is 15. The minimum atomic E-state index is -0.712. The predicted molar refractivity (Wildman–Crippen MR) is 260 cm³/mol. The number of hydrogen-bond donors (Lipinski definition) is 2. The summed E-state index contributed by atoms with van der Waals surface area (Å²) >= 11 is 0. The normalized spacial score (nSPS) is 18.3. The van der Waals surface area contributed by atoms with Gasteiger partial charge in [0.15, 0.2) is 0 Å². The fourth-order valence-electron chi connectivity index (χ4n) is 10.0. The van der Waals surface area contributed by atoms with E-state index in [1.54, 1.807) is 42.5 Å². The molecule has 0 amide bonds. The van der Waals surface area contributed by atoms with E-state index in [0.717, 1.165) is 52.1 Å². The molecule has 12 heteroatoms. The molecule has 2 saturated heterocycles. The van der Waals surface area contributed by atoms with E-state index in [1.165, 1.54) is 12.1 Å². The third-order valence-corrected chi connectivity index (χ3v) is 13.7.